The number of carbonyl (C=O) groups is 1. The Morgan fingerprint density at radius 1 is 1.04 bits per heavy atom. The molecular formula is C33H29BrCl2N2O6S. The average Bonchev–Trinajstić information content (AvgIpc) is 3.31. The number of nitrogens with zero attached hydrogens (tertiary/aromatic N) is 2. The minimum Gasteiger partial charge on any atom is -0.493 e. The van der Waals surface area contributed by atoms with Crippen molar-refractivity contribution in [2.24, 2.45) is 4.99 Å². The molecule has 0 saturated carbocycles. The van der Waals surface area contributed by atoms with Gasteiger partial charge in [-0.2, -0.15) is 0 Å². The first-order valence-corrected chi connectivity index (χ1v) is 16.4. The molecule has 0 aliphatic carbocycles. The van der Waals surface area contributed by atoms with E-state index in [0.717, 1.165) is 11.1 Å². The maximum absolute atomic E-state index is 14.0. The Morgan fingerprint density at radius 3 is 2.47 bits per heavy atom. The van der Waals surface area contributed by atoms with Crippen LogP contribution >= 0.6 is 50.5 Å². The van der Waals surface area contributed by atoms with E-state index in [1.165, 1.54) is 23.0 Å². The van der Waals surface area contributed by atoms with Gasteiger partial charge in [-0.05, 0) is 74.4 Å². The molecule has 8 nitrogen and oxygen atoms in total. The first-order chi connectivity index (χ1) is 21.6. The fourth-order valence-corrected chi connectivity index (χ4v) is 6.93. The van der Waals surface area contributed by atoms with E-state index in [1.807, 2.05) is 37.3 Å². The highest BCUT2D eigenvalue weighted by Gasteiger charge is 2.35. The summed E-state index contributed by atoms with van der Waals surface area (Å²) in [5, 5.41) is 1.09. The van der Waals surface area contributed by atoms with Gasteiger partial charge in [-0.15, -0.1) is 0 Å². The van der Waals surface area contributed by atoms with Gasteiger partial charge in [0.25, 0.3) is 5.56 Å². The molecule has 5 rings (SSSR count). The zero-order valence-corrected chi connectivity index (χ0v) is 28.8. The summed E-state index contributed by atoms with van der Waals surface area (Å²) in [4.78, 5) is 32.5. The molecule has 12 heteroatoms. The third kappa shape index (κ3) is 6.99. The van der Waals surface area contributed by atoms with Crippen LogP contribution in [0.2, 0.25) is 10.0 Å². The van der Waals surface area contributed by atoms with E-state index in [0.29, 0.717) is 59.0 Å². The molecule has 1 aliphatic rings. The molecule has 0 saturated heterocycles. The number of rotatable bonds is 10. The highest BCUT2D eigenvalue weighted by Crippen LogP contribution is 2.41. The van der Waals surface area contributed by atoms with Gasteiger partial charge in [-0.3, -0.25) is 9.36 Å². The number of benzene rings is 3. The molecule has 0 bridgehead atoms. The van der Waals surface area contributed by atoms with Gasteiger partial charge >= 0.3 is 5.97 Å². The molecule has 2 heterocycles. The zero-order chi connectivity index (χ0) is 32.2. The van der Waals surface area contributed by atoms with Crippen molar-refractivity contribution in [2.75, 3.05) is 20.3 Å². The molecule has 45 heavy (non-hydrogen) atoms. The summed E-state index contributed by atoms with van der Waals surface area (Å²) in [7, 11) is 1.54. The highest BCUT2D eigenvalue weighted by atomic mass is 79.9. The van der Waals surface area contributed by atoms with Crippen molar-refractivity contribution < 1.29 is 23.7 Å². The third-order valence-electron chi connectivity index (χ3n) is 6.98. The van der Waals surface area contributed by atoms with Gasteiger partial charge in [0, 0.05) is 20.1 Å². The minimum atomic E-state index is -0.822. The van der Waals surface area contributed by atoms with E-state index in [2.05, 4.69) is 20.9 Å². The van der Waals surface area contributed by atoms with Crippen molar-refractivity contribution in [3.63, 3.8) is 0 Å². The maximum atomic E-state index is 14.0. The molecule has 1 aromatic heterocycles. The van der Waals surface area contributed by atoms with Crippen molar-refractivity contribution in [2.45, 2.75) is 33.4 Å². The predicted octanol–water partition coefficient (Wildman–Crippen LogP) is 6.85. The summed E-state index contributed by atoms with van der Waals surface area (Å²) in [6, 6.07) is 15.3. The van der Waals surface area contributed by atoms with Crippen LogP contribution in [0, 0.1) is 0 Å². The molecule has 3 aromatic carbocycles. The molecule has 0 amide bonds. The number of hydrogen-bond acceptors (Lipinski definition) is 8. The van der Waals surface area contributed by atoms with E-state index < -0.39 is 12.0 Å². The molecular weight excluding hydrogens is 703 g/mol. The summed E-state index contributed by atoms with van der Waals surface area (Å²) < 4.78 is 25.3. The quantitative estimate of drug-likeness (QED) is 0.166. The number of halogens is 3. The van der Waals surface area contributed by atoms with E-state index in [4.69, 9.17) is 42.1 Å². The Hall–Kier alpha value is -3.57. The number of esters is 1. The van der Waals surface area contributed by atoms with Crippen LogP contribution in [0.15, 0.2) is 80.1 Å². The minimum absolute atomic E-state index is 0.174. The molecule has 0 radical (unpaired) electrons. The van der Waals surface area contributed by atoms with Crippen LogP contribution in [0.4, 0.5) is 0 Å². The lowest BCUT2D eigenvalue weighted by Gasteiger charge is -2.26. The molecule has 1 aliphatic heterocycles. The third-order valence-corrected chi connectivity index (χ3v) is 9.24. The number of allylic oxidation sites excluding steroid dienone is 1. The van der Waals surface area contributed by atoms with Gasteiger partial charge in [0.05, 0.1) is 42.2 Å². The number of aromatic nitrogens is 1. The fourth-order valence-electron chi connectivity index (χ4n) is 4.89. The van der Waals surface area contributed by atoms with Crippen LogP contribution in [0.1, 0.15) is 43.5 Å². The number of methoxy groups -OCH3 is 1. The summed E-state index contributed by atoms with van der Waals surface area (Å²) in [5.74, 6) is 1.10. The smallest absolute Gasteiger partial charge is 0.338 e. The zero-order valence-electron chi connectivity index (χ0n) is 24.9. The Balaban J connectivity index is 1.54. The average molecular weight is 732 g/mol. The Labute approximate surface area is 282 Å². The topological polar surface area (TPSA) is 88.4 Å². The van der Waals surface area contributed by atoms with Crippen LogP contribution in [0.25, 0.3) is 6.08 Å². The second kappa shape index (κ2) is 14.2. The molecule has 0 fully saturated rings. The van der Waals surface area contributed by atoms with E-state index in [1.54, 1.807) is 44.2 Å². The van der Waals surface area contributed by atoms with Crippen LogP contribution in [-0.2, 0) is 16.1 Å². The van der Waals surface area contributed by atoms with Crippen LogP contribution < -0.4 is 29.1 Å². The first kappa shape index (κ1) is 32.8. The molecule has 0 unspecified atom stereocenters. The SMILES string of the molecule is CCOC(=O)C1=C(C)N=c2s/c(=C/c3ccc(OCc4ccc(Cl)cc4Cl)cc3)c(=O)n2[C@@H]1c1cc(OC)c(OCC)cc1Br. The molecule has 0 N–H and O–H groups in total. The normalized spacial score (nSPS) is 14.6. The van der Waals surface area contributed by atoms with Crippen molar-refractivity contribution in [1.29, 1.82) is 0 Å². The van der Waals surface area contributed by atoms with Gasteiger partial charge in [-0.25, -0.2) is 9.79 Å². The van der Waals surface area contributed by atoms with Crippen molar-refractivity contribution in [3.8, 4) is 17.2 Å². The standard InChI is InChI=1S/C33H29BrCl2N2O6S/c1-5-42-27-16-24(34)23(15-26(27)41-4)30-29(32(40)43-6-2)18(3)37-33-38(30)31(39)28(45-33)13-19-7-11-22(12-8-19)44-17-20-9-10-21(35)14-25(20)36/h7-16,30H,5-6,17H2,1-4H3/b28-13+/t30-/m1/s1. The number of ether oxygens (including phenoxy) is 4. The highest BCUT2D eigenvalue weighted by molar-refractivity contribution is 9.10. The van der Waals surface area contributed by atoms with Crippen molar-refractivity contribution >= 4 is 62.5 Å². The van der Waals surface area contributed by atoms with Gasteiger partial charge in [-0.1, -0.05) is 68.7 Å². The summed E-state index contributed by atoms with van der Waals surface area (Å²) in [6.07, 6.45) is 1.79. The number of hydrogen-bond donors (Lipinski definition) is 0. The number of fused-ring (bicyclic) bond motifs is 1. The predicted molar refractivity (Wildman–Crippen MR) is 179 cm³/mol. The van der Waals surface area contributed by atoms with Gasteiger partial charge in [0.2, 0.25) is 0 Å². The first-order valence-electron chi connectivity index (χ1n) is 14.0. The molecule has 1 atom stereocenters. The lowest BCUT2D eigenvalue weighted by molar-refractivity contribution is -0.139. The Bertz CT molecular complexity index is 1970. The monoisotopic (exact) mass is 730 g/mol. The Morgan fingerprint density at radius 2 is 1.80 bits per heavy atom. The Kier molecular flexibility index (Phi) is 10.4. The lowest BCUT2D eigenvalue weighted by Crippen LogP contribution is -2.40. The van der Waals surface area contributed by atoms with Gasteiger partial charge < -0.3 is 18.9 Å². The second-order valence-electron chi connectivity index (χ2n) is 9.85. The van der Waals surface area contributed by atoms with E-state index in [9.17, 15) is 9.59 Å². The molecule has 0 spiro atoms. The largest absolute Gasteiger partial charge is 0.493 e. The van der Waals surface area contributed by atoms with Gasteiger partial charge in [0.15, 0.2) is 16.3 Å². The van der Waals surface area contributed by atoms with Crippen LogP contribution in [0.3, 0.4) is 0 Å². The number of carbonyl (C=O) groups excluding carboxylic acids is 1. The second-order valence-corrected chi connectivity index (χ2v) is 12.6. The maximum Gasteiger partial charge on any atom is 0.338 e. The summed E-state index contributed by atoms with van der Waals surface area (Å²) >= 11 is 17.1. The van der Waals surface area contributed by atoms with E-state index >= 15 is 0 Å². The van der Waals surface area contributed by atoms with Gasteiger partial charge in [0.1, 0.15) is 12.4 Å². The summed E-state index contributed by atoms with van der Waals surface area (Å²) in [6.45, 7) is 6.24. The van der Waals surface area contributed by atoms with Crippen LogP contribution in [-0.4, -0.2) is 30.9 Å². The molecule has 4 aromatic rings. The fraction of sp³-hybridized carbons (Fsp3) is 0.242. The van der Waals surface area contributed by atoms with Crippen molar-refractivity contribution in [1.82, 2.24) is 4.57 Å². The lowest BCUT2D eigenvalue weighted by atomic mass is 9.95. The van der Waals surface area contributed by atoms with Crippen molar-refractivity contribution in [3.05, 3.63) is 117 Å². The van der Waals surface area contributed by atoms with Crippen LogP contribution in [0.5, 0.6) is 17.2 Å². The summed E-state index contributed by atoms with van der Waals surface area (Å²) in [5.41, 5.74) is 2.67. The van der Waals surface area contributed by atoms with E-state index in [-0.39, 0.29) is 24.3 Å². The number of thiazole rings is 1. The molecule has 234 valence electrons.